The maximum Gasteiger partial charge on any atom is 0.303 e. The van der Waals surface area contributed by atoms with E-state index >= 15 is 0 Å². The second-order valence-electron chi connectivity index (χ2n) is 4.73. The van der Waals surface area contributed by atoms with E-state index in [1.807, 2.05) is 20.8 Å². The van der Waals surface area contributed by atoms with Crippen molar-refractivity contribution in [2.45, 2.75) is 40.0 Å². The minimum Gasteiger partial charge on any atom is -0.481 e. The Hall–Kier alpha value is -1.43. The zero-order valence-electron chi connectivity index (χ0n) is 11.5. The predicted octanol–water partition coefficient (Wildman–Crippen LogP) is 2.38. The third-order valence-electron chi connectivity index (χ3n) is 2.88. The normalized spacial score (nSPS) is 12.2. The van der Waals surface area contributed by atoms with E-state index in [1.54, 1.807) is 0 Å². The van der Waals surface area contributed by atoms with Crippen molar-refractivity contribution >= 4 is 23.2 Å². The topological polar surface area (TPSA) is 79.3 Å². The van der Waals surface area contributed by atoms with E-state index in [4.69, 9.17) is 5.11 Å². The molecule has 19 heavy (non-hydrogen) atoms. The largest absolute Gasteiger partial charge is 0.481 e. The number of carbonyl (C=O) groups excluding carboxylic acids is 1. The lowest BCUT2D eigenvalue weighted by molar-refractivity contribution is -0.137. The van der Waals surface area contributed by atoms with Crippen molar-refractivity contribution in [1.29, 1.82) is 0 Å². The summed E-state index contributed by atoms with van der Waals surface area (Å²) in [4.78, 5) is 27.2. The fraction of sp³-hybridized carbons (Fsp3) is 0.615. The van der Waals surface area contributed by atoms with E-state index in [0.29, 0.717) is 23.8 Å². The molecular formula is C13H20N2O3S. The summed E-state index contributed by atoms with van der Waals surface area (Å²) in [7, 11) is 0. The highest BCUT2D eigenvalue weighted by Gasteiger charge is 2.13. The Kier molecular flexibility index (Phi) is 5.95. The lowest BCUT2D eigenvalue weighted by atomic mass is 10.0. The van der Waals surface area contributed by atoms with Gasteiger partial charge in [-0.25, -0.2) is 4.98 Å². The Balaban J connectivity index is 2.31. The maximum atomic E-state index is 11.9. The van der Waals surface area contributed by atoms with E-state index in [1.165, 1.54) is 11.3 Å². The van der Waals surface area contributed by atoms with Crippen LogP contribution in [-0.2, 0) is 4.79 Å². The highest BCUT2D eigenvalue weighted by atomic mass is 32.1. The molecule has 1 heterocycles. The molecular weight excluding hydrogens is 264 g/mol. The van der Waals surface area contributed by atoms with Crippen LogP contribution in [0.4, 0.5) is 0 Å². The number of carbonyl (C=O) groups is 2. The number of carboxylic acids is 1. The number of hydrogen-bond donors (Lipinski definition) is 2. The monoisotopic (exact) mass is 284 g/mol. The van der Waals surface area contributed by atoms with Crippen LogP contribution in [0.5, 0.6) is 0 Å². The van der Waals surface area contributed by atoms with Crippen molar-refractivity contribution < 1.29 is 14.7 Å². The highest BCUT2D eigenvalue weighted by molar-refractivity contribution is 7.13. The predicted molar refractivity (Wildman–Crippen MR) is 74.6 cm³/mol. The molecule has 1 aromatic rings. The fourth-order valence-electron chi connectivity index (χ4n) is 1.77. The SMILES string of the molecule is Cc1nc(C)c(C(=O)NCCC(C)CCC(=O)O)s1. The first-order valence-electron chi connectivity index (χ1n) is 6.34. The molecule has 1 atom stereocenters. The van der Waals surface area contributed by atoms with Gasteiger partial charge < -0.3 is 10.4 Å². The van der Waals surface area contributed by atoms with Gasteiger partial charge in [0.25, 0.3) is 5.91 Å². The fourth-order valence-corrected chi connectivity index (χ4v) is 2.60. The average Bonchev–Trinajstić information content (AvgIpc) is 2.65. The molecule has 1 amide bonds. The molecule has 0 aliphatic carbocycles. The molecule has 6 heteroatoms. The number of nitrogens with zero attached hydrogens (tertiary/aromatic N) is 1. The number of amides is 1. The Labute approximate surface area is 117 Å². The van der Waals surface area contributed by atoms with Crippen LogP contribution in [0.25, 0.3) is 0 Å². The molecule has 0 spiro atoms. The molecule has 0 radical (unpaired) electrons. The molecule has 1 aromatic heterocycles. The number of aromatic nitrogens is 1. The maximum absolute atomic E-state index is 11.9. The molecule has 0 aliphatic rings. The molecule has 0 aromatic carbocycles. The summed E-state index contributed by atoms with van der Waals surface area (Å²) in [5, 5.41) is 12.3. The van der Waals surface area contributed by atoms with Crippen molar-refractivity contribution in [3.63, 3.8) is 0 Å². The van der Waals surface area contributed by atoms with Gasteiger partial charge in [-0.05, 0) is 32.6 Å². The molecule has 106 valence electrons. The Bertz CT molecular complexity index is 457. The van der Waals surface area contributed by atoms with E-state index in [9.17, 15) is 9.59 Å². The molecule has 1 unspecified atom stereocenters. The second kappa shape index (κ2) is 7.23. The molecule has 5 nitrogen and oxygen atoms in total. The molecule has 0 fully saturated rings. The van der Waals surface area contributed by atoms with Crippen LogP contribution in [0.2, 0.25) is 0 Å². The first-order chi connectivity index (χ1) is 8.90. The van der Waals surface area contributed by atoms with Crippen LogP contribution in [0.1, 0.15) is 46.6 Å². The number of hydrogen-bond acceptors (Lipinski definition) is 4. The Morgan fingerprint density at radius 1 is 1.37 bits per heavy atom. The molecule has 1 rings (SSSR count). The summed E-state index contributed by atoms with van der Waals surface area (Å²) in [6.07, 6.45) is 1.61. The molecule has 0 saturated heterocycles. The van der Waals surface area contributed by atoms with E-state index < -0.39 is 5.97 Å². The van der Waals surface area contributed by atoms with Crippen molar-refractivity contribution in [1.82, 2.24) is 10.3 Å². The summed E-state index contributed by atoms with van der Waals surface area (Å²) in [5.74, 6) is -0.569. The molecule has 0 aliphatic heterocycles. The number of carboxylic acid groups (broad SMARTS) is 1. The third-order valence-corrected chi connectivity index (χ3v) is 3.96. The third kappa shape index (κ3) is 5.38. The van der Waals surface area contributed by atoms with Crippen LogP contribution in [-0.4, -0.2) is 28.5 Å². The Morgan fingerprint density at radius 2 is 2.05 bits per heavy atom. The summed E-state index contributed by atoms with van der Waals surface area (Å²) >= 11 is 1.39. The van der Waals surface area contributed by atoms with Gasteiger partial charge >= 0.3 is 5.97 Å². The first-order valence-corrected chi connectivity index (χ1v) is 7.15. The van der Waals surface area contributed by atoms with Gasteiger partial charge in [-0.2, -0.15) is 0 Å². The van der Waals surface area contributed by atoms with Crippen molar-refractivity contribution in [2.24, 2.45) is 5.92 Å². The Morgan fingerprint density at radius 3 is 2.58 bits per heavy atom. The minimum absolute atomic E-state index is 0.0893. The summed E-state index contributed by atoms with van der Waals surface area (Å²) in [5.41, 5.74) is 0.763. The van der Waals surface area contributed by atoms with Gasteiger partial charge in [0.05, 0.1) is 10.7 Å². The summed E-state index contributed by atoms with van der Waals surface area (Å²) in [6.45, 7) is 6.27. The van der Waals surface area contributed by atoms with E-state index in [0.717, 1.165) is 17.1 Å². The quantitative estimate of drug-likeness (QED) is 0.805. The smallest absolute Gasteiger partial charge is 0.303 e. The average molecular weight is 284 g/mol. The van der Waals surface area contributed by atoms with Gasteiger partial charge in [0, 0.05) is 13.0 Å². The number of aryl methyl sites for hydroxylation is 2. The van der Waals surface area contributed by atoms with E-state index in [2.05, 4.69) is 10.3 Å². The minimum atomic E-state index is -0.772. The zero-order chi connectivity index (χ0) is 14.4. The summed E-state index contributed by atoms with van der Waals surface area (Å²) < 4.78 is 0. The van der Waals surface area contributed by atoms with Crippen molar-refractivity contribution in [2.75, 3.05) is 6.54 Å². The van der Waals surface area contributed by atoms with Crippen LogP contribution in [0, 0.1) is 19.8 Å². The van der Waals surface area contributed by atoms with E-state index in [-0.39, 0.29) is 12.3 Å². The van der Waals surface area contributed by atoms with Crippen LogP contribution < -0.4 is 5.32 Å². The standard InChI is InChI=1S/C13H20N2O3S/c1-8(4-5-11(16)17)6-7-14-13(18)12-9(2)15-10(3)19-12/h8H,4-7H2,1-3H3,(H,14,18)(H,16,17). The summed E-state index contributed by atoms with van der Waals surface area (Å²) in [6, 6.07) is 0. The van der Waals surface area contributed by atoms with Crippen LogP contribution in [0.15, 0.2) is 0 Å². The van der Waals surface area contributed by atoms with Gasteiger partial charge in [-0.15, -0.1) is 11.3 Å². The van der Waals surface area contributed by atoms with Gasteiger partial charge in [0.2, 0.25) is 0 Å². The van der Waals surface area contributed by atoms with Gasteiger partial charge in [-0.1, -0.05) is 6.92 Å². The van der Waals surface area contributed by atoms with Crippen molar-refractivity contribution in [3.05, 3.63) is 15.6 Å². The molecule has 0 bridgehead atoms. The first kappa shape index (κ1) is 15.6. The van der Waals surface area contributed by atoms with Gasteiger partial charge in [0.15, 0.2) is 0 Å². The number of thiazole rings is 1. The number of aliphatic carboxylic acids is 1. The van der Waals surface area contributed by atoms with Crippen LogP contribution in [0.3, 0.4) is 0 Å². The second-order valence-corrected chi connectivity index (χ2v) is 5.93. The van der Waals surface area contributed by atoms with Gasteiger partial charge in [0.1, 0.15) is 4.88 Å². The number of rotatable bonds is 7. The molecule has 2 N–H and O–H groups in total. The lowest BCUT2D eigenvalue weighted by Gasteiger charge is -2.10. The number of nitrogens with one attached hydrogen (secondary N) is 1. The van der Waals surface area contributed by atoms with Gasteiger partial charge in [-0.3, -0.25) is 9.59 Å². The van der Waals surface area contributed by atoms with Crippen LogP contribution >= 0.6 is 11.3 Å². The highest BCUT2D eigenvalue weighted by Crippen LogP contribution is 2.17. The lowest BCUT2D eigenvalue weighted by Crippen LogP contribution is -2.25. The zero-order valence-corrected chi connectivity index (χ0v) is 12.3. The van der Waals surface area contributed by atoms with Crippen molar-refractivity contribution in [3.8, 4) is 0 Å². The molecule has 0 saturated carbocycles.